The first-order valence-electron chi connectivity index (χ1n) is 8.78. The summed E-state index contributed by atoms with van der Waals surface area (Å²) in [7, 11) is 0. The van der Waals surface area contributed by atoms with Crippen molar-refractivity contribution in [3.05, 3.63) is 59.3 Å². The topological polar surface area (TPSA) is 68.5 Å². The molecule has 1 fully saturated rings. The van der Waals surface area contributed by atoms with E-state index >= 15 is 0 Å². The van der Waals surface area contributed by atoms with Crippen molar-refractivity contribution >= 4 is 5.91 Å². The molecule has 3 rings (SSSR count). The second-order valence-corrected chi connectivity index (χ2v) is 6.73. The summed E-state index contributed by atoms with van der Waals surface area (Å²) in [6, 6.07) is 11.7. The second kappa shape index (κ2) is 7.66. The van der Waals surface area contributed by atoms with Crippen molar-refractivity contribution in [1.82, 2.24) is 9.88 Å². The predicted molar refractivity (Wildman–Crippen MR) is 97.2 cm³/mol. The number of carbonyl (C=O) groups is 1. The summed E-state index contributed by atoms with van der Waals surface area (Å²) in [6.45, 7) is 4.99. The first kappa shape index (κ1) is 17.4. The van der Waals surface area contributed by atoms with Crippen LogP contribution < -0.4 is 10.5 Å². The molecule has 0 saturated heterocycles. The number of hydrogen-bond acceptors (Lipinski definition) is 4. The summed E-state index contributed by atoms with van der Waals surface area (Å²) >= 11 is 0. The van der Waals surface area contributed by atoms with Crippen LogP contribution in [0.15, 0.2) is 42.6 Å². The zero-order valence-electron chi connectivity index (χ0n) is 14.8. The van der Waals surface area contributed by atoms with E-state index < -0.39 is 0 Å². The normalized spacial score (nSPS) is 13.8. The number of amides is 1. The molecule has 5 heteroatoms. The van der Waals surface area contributed by atoms with E-state index in [0.717, 1.165) is 24.0 Å². The largest absolute Gasteiger partial charge is 0.475 e. The molecule has 1 heterocycles. The maximum Gasteiger partial charge on any atom is 0.254 e. The van der Waals surface area contributed by atoms with Gasteiger partial charge in [-0.05, 0) is 56.0 Å². The van der Waals surface area contributed by atoms with Crippen molar-refractivity contribution in [2.45, 2.75) is 51.9 Å². The summed E-state index contributed by atoms with van der Waals surface area (Å²) in [5.41, 5.74) is 8.40. The lowest BCUT2D eigenvalue weighted by atomic mass is 10.1. The Balaban J connectivity index is 1.76. The minimum Gasteiger partial charge on any atom is -0.475 e. The molecule has 1 aromatic carbocycles. The van der Waals surface area contributed by atoms with Crippen LogP contribution in [0, 0.1) is 0 Å². The van der Waals surface area contributed by atoms with E-state index in [0.29, 0.717) is 30.6 Å². The lowest BCUT2D eigenvalue weighted by molar-refractivity contribution is 0.0729. The van der Waals surface area contributed by atoms with Gasteiger partial charge in [0.15, 0.2) is 0 Å². The highest BCUT2D eigenvalue weighted by Gasteiger charge is 2.33. The molecule has 1 aromatic heterocycles. The van der Waals surface area contributed by atoms with Crippen LogP contribution in [0.2, 0.25) is 0 Å². The lowest BCUT2D eigenvalue weighted by Crippen LogP contribution is -2.32. The van der Waals surface area contributed by atoms with Crippen molar-refractivity contribution < 1.29 is 9.53 Å². The fourth-order valence-corrected chi connectivity index (χ4v) is 2.75. The molecule has 2 aromatic rings. The van der Waals surface area contributed by atoms with Gasteiger partial charge in [0, 0.05) is 37.0 Å². The Hall–Kier alpha value is -2.40. The average Bonchev–Trinajstić information content (AvgIpc) is 3.44. The molecule has 25 heavy (non-hydrogen) atoms. The average molecular weight is 339 g/mol. The standard InChI is InChI=1S/C20H25N3O2/c1-14(2)25-19-11-16(9-10-22-19)13-23(18-7-8-18)20(24)17-5-3-15(12-21)4-6-17/h3-6,9-11,14,18H,7-8,12-13,21H2,1-2H3. The maximum absolute atomic E-state index is 12.9. The molecule has 1 amide bonds. The van der Waals surface area contributed by atoms with Gasteiger partial charge in [-0.1, -0.05) is 12.1 Å². The Morgan fingerprint density at radius 3 is 2.56 bits per heavy atom. The van der Waals surface area contributed by atoms with E-state index in [1.807, 2.05) is 55.1 Å². The predicted octanol–water partition coefficient (Wildman–Crippen LogP) is 3.13. The van der Waals surface area contributed by atoms with Gasteiger partial charge >= 0.3 is 0 Å². The van der Waals surface area contributed by atoms with Crippen LogP contribution in [0.25, 0.3) is 0 Å². The van der Waals surface area contributed by atoms with Gasteiger partial charge in [0.2, 0.25) is 5.88 Å². The quantitative estimate of drug-likeness (QED) is 0.841. The number of aromatic nitrogens is 1. The van der Waals surface area contributed by atoms with Gasteiger partial charge in [-0.2, -0.15) is 0 Å². The molecule has 5 nitrogen and oxygen atoms in total. The number of nitrogens with two attached hydrogens (primary N) is 1. The SMILES string of the molecule is CC(C)Oc1cc(CN(C(=O)c2ccc(CN)cc2)C2CC2)ccn1. The lowest BCUT2D eigenvalue weighted by Gasteiger charge is -2.23. The zero-order valence-corrected chi connectivity index (χ0v) is 14.8. The van der Waals surface area contributed by atoms with Crippen molar-refractivity contribution in [2.24, 2.45) is 5.73 Å². The molecular weight excluding hydrogens is 314 g/mol. The molecule has 0 bridgehead atoms. The monoisotopic (exact) mass is 339 g/mol. The number of rotatable bonds is 7. The third kappa shape index (κ3) is 4.57. The third-order valence-corrected chi connectivity index (χ3v) is 4.19. The third-order valence-electron chi connectivity index (χ3n) is 4.19. The van der Waals surface area contributed by atoms with Crippen LogP contribution in [0.4, 0.5) is 0 Å². The number of pyridine rings is 1. The molecule has 1 aliphatic carbocycles. The van der Waals surface area contributed by atoms with E-state index in [2.05, 4.69) is 4.98 Å². The number of benzene rings is 1. The Kier molecular flexibility index (Phi) is 5.34. The van der Waals surface area contributed by atoms with Gasteiger partial charge in [0.05, 0.1) is 6.10 Å². The van der Waals surface area contributed by atoms with Gasteiger partial charge in [-0.25, -0.2) is 4.98 Å². The van der Waals surface area contributed by atoms with E-state index in [9.17, 15) is 4.79 Å². The van der Waals surface area contributed by atoms with Crippen LogP contribution in [-0.2, 0) is 13.1 Å². The summed E-state index contributed by atoms with van der Waals surface area (Å²) in [5, 5.41) is 0. The van der Waals surface area contributed by atoms with Gasteiger partial charge in [0.1, 0.15) is 0 Å². The zero-order chi connectivity index (χ0) is 17.8. The highest BCUT2D eigenvalue weighted by atomic mass is 16.5. The van der Waals surface area contributed by atoms with Gasteiger partial charge < -0.3 is 15.4 Å². The summed E-state index contributed by atoms with van der Waals surface area (Å²) in [4.78, 5) is 19.1. The minimum atomic E-state index is 0.0641. The highest BCUT2D eigenvalue weighted by Crippen LogP contribution is 2.30. The maximum atomic E-state index is 12.9. The molecule has 132 valence electrons. The van der Waals surface area contributed by atoms with E-state index in [4.69, 9.17) is 10.5 Å². The Morgan fingerprint density at radius 1 is 1.24 bits per heavy atom. The Labute approximate surface area is 148 Å². The number of nitrogens with zero attached hydrogens (tertiary/aromatic N) is 2. The van der Waals surface area contributed by atoms with Crippen LogP contribution in [0.5, 0.6) is 5.88 Å². The van der Waals surface area contributed by atoms with Crippen molar-refractivity contribution in [3.63, 3.8) is 0 Å². The van der Waals surface area contributed by atoms with Crippen LogP contribution in [0.1, 0.15) is 48.2 Å². The highest BCUT2D eigenvalue weighted by molar-refractivity contribution is 5.94. The molecule has 0 atom stereocenters. The van der Waals surface area contributed by atoms with E-state index in [-0.39, 0.29) is 12.0 Å². The molecule has 0 unspecified atom stereocenters. The molecule has 0 aliphatic heterocycles. The molecule has 1 saturated carbocycles. The minimum absolute atomic E-state index is 0.0641. The molecule has 0 radical (unpaired) electrons. The fraction of sp³-hybridized carbons (Fsp3) is 0.400. The Morgan fingerprint density at radius 2 is 1.96 bits per heavy atom. The first-order chi connectivity index (χ1) is 12.1. The first-order valence-corrected chi connectivity index (χ1v) is 8.78. The summed E-state index contributed by atoms with van der Waals surface area (Å²) < 4.78 is 5.66. The van der Waals surface area contributed by atoms with Crippen molar-refractivity contribution in [3.8, 4) is 5.88 Å². The van der Waals surface area contributed by atoms with Gasteiger partial charge in [-0.3, -0.25) is 4.79 Å². The van der Waals surface area contributed by atoms with E-state index in [1.165, 1.54) is 0 Å². The summed E-state index contributed by atoms with van der Waals surface area (Å²) in [5.74, 6) is 0.664. The summed E-state index contributed by atoms with van der Waals surface area (Å²) in [6.07, 6.45) is 3.93. The molecule has 1 aliphatic rings. The smallest absolute Gasteiger partial charge is 0.254 e. The Bertz CT molecular complexity index is 724. The fourth-order valence-electron chi connectivity index (χ4n) is 2.75. The van der Waals surface area contributed by atoms with E-state index in [1.54, 1.807) is 6.20 Å². The number of ether oxygens (including phenoxy) is 1. The van der Waals surface area contributed by atoms with Gasteiger partial charge in [-0.15, -0.1) is 0 Å². The molecule has 2 N–H and O–H groups in total. The number of carbonyl (C=O) groups excluding carboxylic acids is 1. The number of hydrogen-bond donors (Lipinski definition) is 1. The van der Waals surface area contributed by atoms with Crippen LogP contribution >= 0.6 is 0 Å². The molecular formula is C20H25N3O2. The van der Waals surface area contributed by atoms with Crippen LogP contribution in [0.3, 0.4) is 0 Å². The van der Waals surface area contributed by atoms with Gasteiger partial charge in [0.25, 0.3) is 5.91 Å². The second-order valence-electron chi connectivity index (χ2n) is 6.73. The van der Waals surface area contributed by atoms with Crippen molar-refractivity contribution in [2.75, 3.05) is 0 Å². The van der Waals surface area contributed by atoms with Crippen LogP contribution in [-0.4, -0.2) is 27.9 Å². The van der Waals surface area contributed by atoms with Crippen molar-refractivity contribution in [1.29, 1.82) is 0 Å². The molecule has 0 spiro atoms.